The average molecular weight is 265 g/mol. The van der Waals surface area contributed by atoms with E-state index in [0.717, 1.165) is 18.6 Å². The molecule has 0 saturated carbocycles. The molecule has 1 aromatic carbocycles. The molecule has 0 radical (unpaired) electrons. The van der Waals surface area contributed by atoms with Crippen LogP contribution >= 0.6 is 11.8 Å². The molecule has 0 spiro atoms. The molecule has 1 aliphatic rings. The second-order valence-corrected chi connectivity index (χ2v) is 5.42. The SMILES string of the molecule is O=C(O)c1ccc(C(=O)NC2CCCSC2)cc1. The zero-order chi connectivity index (χ0) is 13.0. The lowest BCUT2D eigenvalue weighted by molar-refractivity contribution is 0.0696. The highest BCUT2D eigenvalue weighted by Crippen LogP contribution is 2.17. The monoisotopic (exact) mass is 265 g/mol. The standard InChI is InChI=1S/C13H15NO3S/c15-12(14-11-2-1-7-18-8-11)9-3-5-10(6-4-9)13(16)17/h3-6,11H,1-2,7-8H2,(H,14,15)(H,16,17). The van der Waals surface area contributed by atoms with E-state index in [2.05, 4.69) is 5.32 Å². The molecule has 18 heavy (non-hydrogen) atoms. The van der Waals surface area contributed by atoms with Crippen LogP contribution in [0.3, 0.4) is 0 Å². The van der Waals surface area contributed by atoms with Crippen LogP contribution in [0.25, 0.3) is 0 Å². The summed E-state index contributed by atoms with van der Waals surface area (Å²) in [6.45, 7) is 0. The minimum Gasteiger partial charge on any atom is -0.478 e. The number of hydrogen-bond donors (Lipinski definition) is 2. The predicted octanol–water partition coefficient (Wildman–Crippen LogP) is 2.01. The van der Waals surface area contributed by atoms with Crippen molar-refractivity contribution < 1.29 is 14.7 Å². The lowest BCUT2D eigenvalue weighted by Crippen LogP contribution is -2.38. The number of carbonyl (C=O) groups excluding carboxylic acids is 1. The van der Waals surface area contributed by atoms with Gasteiger partial charge in [0.25, 0.3) is 5.91 Å². The largest absolute Gasteiger partial charge is 0.478 e. The first-order valence-corrected chi connectivity index (χ1v) is 7.04. The fourth-order valence-corrected chi connectivity index (χ4v) is 2.96. The summed E-state index contributed by atoms with van der Waals surface area (Å²) in [5, 5.41) is 11.7. The highest BCUT2D eigenvalue weighted by molar-refractivity contribution is 7.99. The highest BCUT2D eigenvalue weighted by Gasteiger charge is 2.17. The van der Waals surface area contributed by atoms with Gasteiger partial charge in [0, 0.05) is 17.4 Å². The van der Waals surface area contributed by atoms with Gasteiger partial charge in [-0.3, -0.25) is 4.79 Å². The van der Waals surface area contributed by atoms with E-state index in [4.69, 9.17) is 5.11 Å². The second-order valence-electron chi connectivity index (χ2n) is 4.27. The molecule has 4 nitrogen and oxygen atoms in total. The van der Waals surface area contributed by atoms with Gasteiger partial charge in [-0.05, 0) is 42.9 Å². The molecule has 1 saturated heterocycles. The Morgan fingerprint density at radius 3 is 2.44 bits per heavy atom. The molecular weight excluding hydrogens is 250 g/mol. The zero-order valence-corrected chi connectivity index (χ0v) is 10.7. The lowest BCUT2D eigenvalue weighted by Gasteiger charge is -2.22. The van der Waals surface area contributed by atoms with Crippen LogP contribution in [0.5, 0.6) is 0 Å². The van der Waals surface area contributed by atoms with Crippen LogP contribution in [0.2, 0.25) is 0 Å². The van der Waals surface area contributed by atoms with Crippen molar-refractivity contribution in [1.29, 1.82) is 0 Å². The first kappa shape index (κ1) is 13.0. The number of amides is 1. The Bertz CT molecular complexity index is 438. The van der Waals surface area contributed by atoms with E-state index in [1.54, 1.807) is 12.1 Å². The van der Waals surface area contributed by atoms with Gasteiger partial charge in [0.05, 0.1) is 5.56 Å². The van der Waals surface area contributed by atoms with Gasteiger partial charge in [0.1, 0.15) is 0 Å². The predicted molar refractivity (Wildman–Crippen MR) is 71.2 cm³/mol. The summed E-state index contributed by atoms with van der Waals surface area (Å²) in [5.74, 6) is 1.02. The van der Waals surface area contributed by atoms with Crippen molar-refractivity contribution in [3.05, 3.63) is 35.4 Å². The Hall–Kier alpha value is -1.49. The summed E-state index contributed by atoms with van der Waals surface area (Å²) in [4.78, 5) is 22.6. The van der Waals surface area contributed by atoms with Gasteiger partial charge in [0.2, 0.25) is 0 Å². The smallest absolute Gasteiger partial charge is 0.335 e. The van der Waals surface area contributed by atoms with Crippen LogP contribution in [0.1, 0.15) is 33.6 Å². The Kier molecular flexibility index (Phi) is 4.25. The molecular formula is C13H15NO3S. The fourth-order valence-electron chi connectivity index (χ4n) is 1.89. The summed E-state index contributed by atoms with van der Waals surface area (Å²) in [7, 11) is 0. The van der Waals surface area contributed by atoms with Crippen molar-refractivity contribution in [2.75, 3.05) is 11.5 Å². The van der Waals surface area contributed by atoms with Crippen molar-refractivity contribution in [2.45, 2.75) is 18.9 Å². The van der Waals surface area contributed by atoms with Crippen LogP contribution in [0, 0.1) is 0 Å². The molecule has 1 amide bonds. The maximum atomic E-state index is 11.9. The van der Waals surface area contributed by atoms with Crippen LogP contribution < -0.4 is 5.32 Å². The molecule has 5 heteroatoms. The molecule has 2 rings (SSSR count). The van der Waals surface area contributed by atoms with Gasteiger partial charge < -0.3 is 10.4 Å². The van der Waals surface area contributed by atoms with Crippen molar-refractivity contribution in [3.8, 4) is 0 Å². The molecule has 2 N–H and O–H groups in total. The summed E-state index contributed by atoms with van der Waals surface area (Å²) in [5.41, 5.74) is 0.704. The quantitative estimate of drug-likeness (QED) is 0.877. The Balaban J connectivity index is 1.97. The molecule has 1 aromatic rings. The Morgan fingerprint density at radius 1 is 1.22 bits per heavy atom. The van der Waals surface area contributed by atoms with E-state index in [0.29, 0.717) is 5.56 Å². The molecule has 1 aliphatic heterocycles. The van der Waals surface area contributed by atoms with Crippen molar-refractivity contribution in [2.24, 2.45) is 0 Å². The van der Waals surface area contributed by atoms with Gasteiger partial charge in [-0.2, -0.15) is 11.8 Å². The first-order chi connectivity index (χ1) is 8.66. The average Bonchev–Trinajstić information content (AvgIpc) is 2.40. The fraction of sp³-hybridized carbons (Fsp3) is 0.385. The van der Waals surface area contributed by atoms with E-state index in [9.17, 15) is 9.59 Å². The minimum absolute atomic E-state index is 0.126. The van der Waals surface area contributed by atoms with Crippen LogP contribution in [0.15, 0.2) is 24.3 Å². The third-order valence-corrected chi connectivity index (χ3v) is 4.10. The minimum atomic E-state index is -0.981. The van der Waals surface area contributed by atoms with Gasteiger partial charge in [0.15, 0.2) is 0 Å². The van der Waals surface area contributed by atoms with Gasteiger partial charge in [-0.1, -0.05) is 0 Å². The summed E-state index contributed by atoms with van der Waals surface area (Å²) in [6, 6.07) is 6.24. The Labute approximate surface area is 110 Å². The number of carboxylic acids is 1. The lowest BCUT2D eigenvalue weighted by atomic mass is 10.1. The summed E-state index contributed by atoms with van der Waals surface area (Å²) < 4.78 is 0. The normalized spacial score (nSPS) is 19.2. The van der Waals surface area contributed by atoms with E-state index < -0.39 is 5.97 Å². The maximum Gasteiger partial charge on any atom is 0.335 e. The van der Waals surface area contributed by atoms with Gasteiger partial charge >= 0.3 is 5.97 Å². The molecule has 1 unspecified atom stereocenters. The summed E-state index contributed by atoms with van der Waals surface area (Å²) in [6.07, 6.45) is 2.15. The van der Waals surface area contributed by atoms with E-state index in [-0.39, 0.29) is 17.5 Å². The number of carbonyl (C=O) groups is 2. The van der Waals surface area contributed by atoms with Crippen LogP contribution in [-0.4, -0.2) is 34.5 Å². The molecule has 0 bridgehead atoms. The number of carboxylic acid groups (broad SMARTS) is 1. The van der Waals surface area contributed by atoms with Crippen molar-refractivity contribution in [1.82, 2.24) is 5.32 Å². The van der Waals surface area contributed by atoms with E-state index in [1.165, 1.54) is 17.9 Å². The van der Waals surface area contributed by atoms with Gasteiger partial charge in [-0.15, -0.1) is 0 Å². The van der Waals surface area contributed by atoms with Crippen molar-refractivity contribution in [3.63, 3.8) is 0 Å². The van der Waals surface area contributed by atoms with Crippen LogP contribution in [-0.2, 0) is 0 Å². The first-order valence-electron chi connectivity index (χ1n) is 5.89. The van der Waals surface area contributed by atoms with E-state index >= 15 is 0 Å². The zero-order valence-electron chi connectivity index (χ0n) is 9.89. The molecule has 96 valence electrons. The highest BCUT2D eigenvalue weighted by atomic mass is 32.2. The summed E-state index contributed by atoms with van der Waals surface area (Å²) >= 11 is 1.85. The number of aromatic carboxylic acids is 1. The number of rotatable bonds is 3. The van der Waals surface area contributed by atoms with Crippen molar-refractivity contribution >= 4 is 23.6 Å². The number of nitrogens with one attached hydrogen (secondary N) is 1. The third-order valence-electron chi connectivity index (χ3n) is 2.89. The molecule has 1 atom stereocenters. The van der Waals surface area contributed by atoms with Gasteiger partial charge in [-0.25, -0.2) is 4.79 Å². The molecule has 0 aliphatic carbocycles. The molecule has 1 heterocycles. The maximum absolute atomic E-state index is 11.9. The number of benzene rings is 1. The van der Waals surface area contributed by atoms with E-state index in [1.807, 2.05) is 11.8 Å². The third kappa shape index (κ3) is 3.26. The topological polar surface area (TPSA) is 66.4 Å². The number of hydrogen-bond acceptors (Lipinski definition) is 3. The Morgan fingerprint density at radius 2 is 1.89 bits per heavy atom. The number of thioether (sulfide) groups is 1. The molecule has 0 aromatic heterocycles. The molecule has 1 fully saturated rings. The second kappa shape index (κ2) is 5.91. The van der Waals surface area contributed by atoms with Crippen LogP contribution in [0.4, 0.5) is 0 Å².